The van der Waals surface area contributed by atoms with Crippen molar-refractivity contribution >= 4 is 57.6 Å². The van der Waals surface area contributed by atoms with E-state index < -0.39 is 0 Å². The molecule has 1 heterocycles. The number of hydrogen-bond acceptors (Lipinski definition) is 4. The number of halogens is 1. The molecular weight excluding hydrogens is 362 g/mol. The number of ether oxygens (including phenoxy) is 1. The molecule has 1 fully saturated rings. The Morgan fingerprint density at radius 2 is 1.83 bits per heavy atom. The monoisotopic (exact) mass is 375 g/mol. The highest BCUT2D eigenvalue weighted by Crippen LogP contribution is 2.36. The van der Waals surface area contributed by atoms with Gasteiger partial charge in [-0.2, -0.15) is 0 Å². The molecule has 1 aliphatic rings. The standard InChI is InChI=1S/C18H14ClNO2S2/c1-2-22-15-9-3-12(4-10-15)11-16-17(21)20(18(23)24-16)14-7-5-13(19)6-8-14/h3-11H,2H2,1H3/b16-11+. The van der Waals surface area contributed by atoms with Crippen LogP contribution < -0.4 is 9.64 Å². The van der Waals surface area contributed by atoms with Crippen molar-refractivity contribution in [1.29, 1.82) is 0 Å². The van der Waals surface area contributed by atoms with Crippen molar-refractivity contribution < 1.29 is 9.53 Å². The average molecular weight is 376 g/mol. The fourth-order valence-corrected chi connectivity index (χ4v) is 3.68. The van der Waals surface area contributed by atoms with Crippen LogP contribution in [0.4, 0.5) is 5.69 Å². The fourth-order valence-electron chi connectivity index (χ4n) is 2.26. The molecule has 3 nitrogen and oxygen atoms in total. The highest BCUT2D eigenvalue weighted by molar-refractivity contribution is 8.27. The second kappa shape index (κ2) is 7.38. The van der Waals surface area contributed by atoms with Crippen molar-refractivity contribution in [3.8, 4) is 5.75 Å². The van der Waals surface area contributed by atoms with E-state index in [4.69, 9.17) is 28.6 Å². The molecule has 0 saturated carbocycles. The van der Waals surface area contributed by atoms with Gasteiger partial charge >= 0.3 is 0 Å². The molecule has 1 saturated heterocycles. The summed E-state index contributed by atoms with van der Waals surface area (Å²) < 4.78 is 5.93. The zero-order chi connectivity index (χ0) is 17.1. The molecule has 0 atom stereocenters. The van der Waals surface area contributed by atoms with Gasteiger partial charge in [0.15, 0.2) is 4.32 Å². The van der Waals surface area contributed by atoms with Crippen molar-refractivity contribution in [2.45, 2.75) is 6.92 Å². The van der Waals surface area contributed by atoms with Crippen molar-refractivity contribution in [3.63, 3.8) is 0 Å². The molecule has 0 aliphatic carbocycles. The van der Waals surface area contributed by atoms with Crippen LogP contribution in [0.2, 0.25) is 5.02 Å². The number of rotatable bonds is 4. The zero-order valence-corrected chi connectivity index (χ0v) is 15.3. The Morgan fingerprint density at radius 1 is 1.17 bits per heavy atom. The number of carbonyl (C=O) groups excluding carboxylic acids is 1. The van der Waals surface area contributed by atoms with E-state index in [1.165, 1.54) is 16.7 Å². The lowest BCUT2D eigenvalue weighted by Gasteiger charge is -2.14. The number of thiocarbonyl (C=S) groups is 1. The molecule has 6 heteroatoms. The highest BCUT2D eigenvalue weighted by atomic mass is 35.5. The van der Waals surface area contributed by atoms with E-state index in [0.29, 0.717) is 20.9 Å². The van der Waals surface area contributed by atoms with Gasteiger partial charge in [-0.05, 0) is 55.0 Å². The number of nitrogens with zero attached hydrogens (tertiary/aromatic N) is 1. The third-order valence-electron chi connectivity index (χ3n) is 3.37. The molecule has 1 amide bonds. The van der Waals surface area contributed by atoms with Gasteiger partial charge in [0.2, 0.25) is 0 Å². The predicted octanol–water partition coefficient (Wildman–Crippen LogP) is 5.14. The second-order valence-electron chi connectivity index (χ2n) is 5.00. The molecule has 0 spiro atoms. The molecule has 0 bridgehead atoms. The molecule has 0 aromatic heterocycles. The lowest BCUT2D eigenvalue weighted by molar-refractivity contribution is -0.113. The molecular formula is C18H14ClNO2S2. The van der Waals surface area contributed by atoms with Crippen LogP contribution in [0.15, 0.2) is 53.4 Å². The fraction of sp³-hybridized carbons (Fsp3) is 0.111. The first kappa shape index (κ1) is 17.0. The second-order valence-corrected chi connectivity index (χ2v) is 7.11. The van der Waals surface area contributed by atoms with Gasteiger partial charge in [0, 0.05) is 5.02 Å². The number of anilines is 1. The SMILES string of the molecule is CCOc1ccc(/C=C2/SC(=S)N(c3ccc(Cl)cc3)C2=O)cc1. The smallest absolute Gasteiger partial charge is 0.270 e. The summed E-state index contributed by atoms with van der Waals surface area (Å²) >= 11 is 12.5. The third kappa shape index (κ3) is 3.64. The van der Waals surface area contributed by atoms with E-state index in [0.717, 1.165) is 17.0 Å². The van der Waals surface area contributed by atoms with Crippen LogP contribution >= 0.6 is 35.6 Å². The van der Waals surface area contributed by atoms with Crippen LogP contribution in [0.5, 0.6) is 5.75 Å². The van der Waals surface area contributed by atoms with E-state index >= 15 is 0 Å². The lowest BCUT2D eigenvalue weighted by atomic mass is 10.2. The lowest BCUT2D eigenvalue weighted by Crippen LogP contribution is -2.27. The minimum absolute atomic E-state index is 0.124. The van der Waals surface area contributed by atoms with Crippen LogP contribution in [0, 0.1) is 0 Å². The molecule has 1 aliphatic heterocycles. The van der Waals surface area contributed by atoms with Crippen molar-refractivity contribution in [3.05, 3.63) is 64.0 Å². The van der Waals surface area contributed by atoms with Gasteiger partial charge in [-0.3, -0.25) is 9.69 Å². The molecule has 0 N–H and O–H groups in total. The number of carbonyl (C=O) groups is 1. The van der Waals surface area contributed by atoms with Gasteiger partial charge < -0.3 is 4.74 Å². The number of thioether (sulfide) groups is 1. The zero-order valence-electron chi connectivity index (χ0n) is 12.9. The minimum Gasteiger partial charge on any atom is -0.494 e. The molecule has 0 radical (unpaired) electrons. The Labute approximate surface area is 155 Å². The van der Waals surface area contributed by atoms with Crippen molar-refractivity contribution in [1.82, 2.24) is 0 Å². The Kier molecular flexibility index (Phi) is 5.23. The maximum atomic E-state index is 12.7. The van der Waals surface area contributed by atoms with Gasteiger partial charge in [-0.15, -0.1) is 0 Å². The molecule has 24 heavy (non-hydrogen) atoms. The van der Waals surface area contributed by atoms with Gasteiger partial charge in [-0.1, -0.05) is 47.7 Å². The van der Waals surface area contributed by atoms with Gasteiger partial charge in [-0.25, -0.2) is 0 Å². The summed E-state index contributed by atoms with van der Waals surface area (Å²) in [7, 11) is 0. The quantitative estimate of drug-likeness (QED) is 0.546. The Hall–Kier alpha value is -1.82. The summed E-state index contributed by atoms with van der Waals surface area (Å²) in [5.74, 6) is 0.685. The summed E-state index contributed by atoms with van der Waals surface area (Å²) in [5, 5.41) is 0.620. The van der Waals surface area contributed by atoms with E-state index in [1.54, 1.807) is 24.3 Å². The summed E-state index contributed by atoms with van der Waals surface area (Å²) in [6.45, 7) is 2.56. The van der Waals surface area contributed by atoms with Crippen LogP contribution in [0.1, 0.15) is 12.5 Å². The molecule has 3 rings (SSSR count). The van der Waals surface area contributed by atoms with Gasteiger partial charge in [0.1, 0.15) is 5.75 Å². The van der Waals surface area contributed by atoms with Crippen molar-refractivity contribution in [2.75, 3.05) is 11.5 Å². The first-order valence-electron chi connectivity index (χ1n) is 7.35. The topological polar surface area (TPSA) is 29.5 Å². The average Bonchev–Trinajstić information content (AvgIpc) is 2.85. The maximum Gasteiger partial charge on any atom is 0.270 e. The minimum atomic E-state index is -0.124. The number of hydrogen-bond donors (Lipinski definition) is 0. The molecule has 2 aromatic carbocycles. The Bertz CT molecular complexity index is 801. The molecule has 2 aromatic rings. The predicted molar refractivity (Wildman–Crippen MR) is 105 cm³/mol. The first-order valence-corrected chi connectivity index (χ1v) is 8.95. The molecule has 0 unspecified atom stereocenters. The van der Waals surface area contributed by atoms with Crippen LogP contribution in [-0.4, -0.2) is 16.8 Å². The normalized spacial score (nSPS) is 16.1. The first-order chi connectivity index (χ1) is 11.6. The Morgan fingerprint density at radius 3 is 2.46 bits per heavy atom. The summed E-state index contributed by atoms with van der Waals surface area (Å²) in [6.07, 6.45) is 1.84. The summed E-state index contributed by atoms with van der Waals surface area (Å²) in [4.78, 5) is 14.8. The van der Waals surface area contributed by atoms with Crippen LogP contribution in [0.3, 0.4) is 0 Å². The maximum absolute atomic E-state index is 12.7. The molecule has 122 valence electrons. The third-order valence-corrected chi connectivity index (χ3v) is 4.92. The van der Waals surface area contributed by atoms with Gasteiger partial charge in [0.05, 0.1) is 17.2 Å². The summed E-state index contributed by atoms with van der Waals surface area (Å²) in [5.41, 5.74) is 1.65. The van der Waals surface area contributed by atoms with E-state index in [1.807, 2.05) is 37.3 Å². The summed E-state index contributed by atoms with van der Waals surface area (Å²) in [6, 6.07) is 14.7. The highest BCUT2D eigenvalue weighted by Gasteiger charge is 2.33. The van der Waals surface area contributed by atoms with Gasteiger partial charge in [0.25, 0.3) is 5.91 Å². The van der Waals surface area contributed by atoms with E-state index in [2.05, 4.69) is 0 Å². The van der Waals surface area contributed by atoms with E-state index in [9.17, 15) is 4.79 Å². The van der Waals surface area contributed by atoms with E-state index in [-0.39, 0.29) is 5.91 Å². The van der Waals surface area contributed by atoms with Crippen LogP contribution in [0.25, 0.3) is 6.08 Å². The number of amides is 1. The number of benzene rings is 2. The Balaban J connectivity index is 1.83. The van der Waals surface area contributed by atoms with Crippen LogP contribution in [-0.2, 0) is 4.79 Å². The van der Waals surface area contributed by atoms with Crippen molar-refractivity contribution in [2.24, 2.45) is 0 Å². The largest absolute Gasteiger partial charge is 0.494 e.